The highest BCUT2D eigenvalue weighted by Gasteiger charge is 2.34. The van der Waals surface area contributed by atoms with Gasteiger partial charge in [-0.25, -0.2) is 8.42 Å². The molecule has 0 aliphatic heterocycles. The van der Waals surface area contributed by atoms with E-state index in [1.165, 1.54) is 6.07 Å². The topological polar surface area (TPSA) is 46.2 Å². The zero-order valence-corrected chi connectivity index (χ0v) is 16.5. The predicted molar refractivity (Wildman–Crippen MR) is 91.8 cm³/mol. The molecule has 0 aliphatic carbocycles. The quantitative estimate of drug-likeness (QED) is 0.538. The standard InChI is InChI=1S/C13H7Br3F3NO2S/c14-7-1-4-12(11(16)5-7)20-23(21,22)8-2-3-10(15)9(6-8)13(17,18)19/h1-6,20H. The molecule has 0 aliphatic rings. The summed E-state index contributed by atoms with van der Waals surface area (Å²) in [7, 11) is -4.16. The Hall–Kier alpha value is -0.580. The van der Waals surface area contributed by atoms with E-state index < -0.39 is 26.7 Å². The second kappa shape index (κ2) is 6.73. The van der Waals surface area contributed by atoms with Crippen LogP contribution in [0, 0.1) is 0 Å². The maximum atomic E-state index is 12.9. The number of hydrogen-bond acceptors (Lipinski definition) is 2. The van der Waals surface area contributed by atoms with Gasteiger partial charge in [0.15, 0.2) is 0 Å². The monoisotopic (exact) mass is 535 g/mol. The molecular weight excluding hydrogens is 531 g/mol. The van der Waals surface area contributed by atoms with Gasteiger partial charge in [0.2, 0.25) is 0 Å². The van der Waals surface area contributed by atoms with Crippen molar-refractivity contribution in [1.29, 1.82) is 0 Å². The summed E-state index contributed by atoms with van der Waals surface area (Å²) in [5.74, 6) is 0. The van der Waals surface area contributed by atoms with Gasteiger partial charge in [0.1, 0.15) is 0 Å². The first-order valence-electron chi connectivity index (χ1n) is 5.85. The van der Waals surface area contributed by atoms with Gasteiger partial charge < -0.3 is 0 Å². The molecule has 0 heterocycles. The molecule has 0 unspecified atom stereocenters. The van der Waals surface area contributed by atoms with Crippen LogP contribution in [0.2, 0.25) is 0 Å². The minimum Gasteiger partial charge on any atom is -0.278 e. The van der Waals surface area contributed by atoms with Gasteiger partial charge >= 0.3 is 6.18 Å². The summed E-state index contributed by atoms with van der Waals surface area (Å²) in [5.41, 5.74) is -0.847. The molecule has 0 amide bonds. The Morgan fingerprint density at radius 3 is 2.13 bits per heavy atom. The molecule has 2 aromatic rings. The highest BCUT2D eigenvalue weighted by atomic mass is 79.9. The van der Waals surface area contributed by atoms with Crippen molar-refractivity contribution >= 4 is 63.5 Å². The third kappa shape index (κ3) is 4.49. The Balaban J connectivity index is 2.44. The molecule has 0 radical (unpaired) electrons. The normalized spacial score (nSPS) is 12.3. The molecule has 2 aromatic carbocycles. The molecule has 10 heteroatoms. The second-order valence-corrected chi connectivity index (χ2v) is 8.68. The minimum atomic E-state index is -4.66. The fourth-order valence-electron chi connectivity index (χ4n) is 1.66. The van der Waals surface area contributed by atoms with Crippen LogP contribution in [0.1, 0.15) is 5.56 Å². The fraction of sp³-hybridized carbons (Fsp3) is 0.0769. The maximum Gasteiger partial charge on any atom is 0.417 e. The Morgan fingerprint density at radius 2 is 1.57 bits per heavy atom. The number of alkyl halides is 3. The number of sulfonamides is 1. The first-order chi connectivity index (χ1) is 10.5. The molecule has 3 nitrogen and oxygen atoms in total. The van der Waals surface area contributed by atoms with Crippen molar-refractivity contribution in [3.8, 4) is 0 Å². The molecule has 0 aromatic heterocycles. The van der Waals surface area contributed by atoms with Crippen molar-refractivity contribution in [2.45, 2.75) is 11.1 Å². The van der Waals surface area contributed by atoms with E-state index in [-0.39, 0.29) is 10.2 Å². The van der Waals surface area contributed by atoms with Crippen LogP contribution in [0.4, 0.5) is 18.9 Å². The van der Waals surface area contributed by atoms with Crippen LogP contribution in [-0.2, 0) is 16.2 Å². The second-order valence-electron chi connectivity index (χ2n) is 4.37. The first-order valence-corrected chi connectivity index (χ1v) is 9.71. The Kier molecular flexibility index (Phi) is 5.49. The Bertz CT molecular complexity index is 854. The van der Waals surface area contributed by atoms with Crippen molar-refractivity contribution in [3.63, 3.8) is 0 Å². The molecule has 1 N–H and O–H groups in total. The van der Waals surface area contributed by atoms with Crippen molar-refractivity contribution in [2.24, 2.45) is 0 Å². The molecule has 2 rings (SSSR count). The summed E-state index contributed by atoms with van der Waals surface area (Å²) < 4.78 is 66.5. The van der Waals surface area contributed by atoms with Crippen molar-refractivity contribution < 1.29 is 21.6 Å². The maximum absolute atomic E-state index is 12.9. The number of benzene rings is 2. The molecule has 0 saturated heterocycles. The molecule has 0 bridgehead atoms. The third-order valence-electron chi connectivity index (χ3n) is 2.73. The highest BCUT2D eigenvalue weighted by molar-refractivity contribution is 9.11. The van der Waals surface area contributed by atoms with Crippen molar-refractivity contribution in [3.05, 3.63) is 55.4 Å². The lowest BCUT2D eigenvalue weighted by molar-refractivity contribution is -0.138. The van der Waals surface area contributed by atoms with Gasteiger partial charge in [-0.15, -0.1) is 0 Å². The van der Waals surface area contributed by atoms with E-state index in [2.05, 4.69) is 52.5 Å². The summed E-state index contributed by atoms with van der Waals surface area (Å²) in [6.45, 7) is 0. The molecular formula is C13H7Br3F3NO2S. The summed E-state index contributed by atoms with van der Waals surface area (Å²) >= 11 is 9.18. The smallest absolute Gasteiger partial charge is 0.278 e. The summed E-state index contributed by atoms with van der Waals surface area (Å²) in [6.07, 6.45) is -4.66. The summed E-state index contributed by atoms with van der Waals surface area (Å²) in [5, 5.41) is 0. The van der Waals surface area contributed by atoms with Crippen LogP contribution in [0.5, 0.6) is 0 Å². The highest BCUT2D eigenvalue weighted by Crippen LogP contribution is 2.36. The number of anilines is 1. The van der Waals surface area contributed by atoms with Gasteiger partial charge in [-0.1, -0.05) is 31.9 Å². The first kappa shape index (κ1) is 18.8. The molecule has 0 atom stereocenters. The lowest BCUT2D eigenvalue weighted by Crippen LogP contribution is -2.15. The van der Waals surface area contributed by atoms with Gasteiger partial charge in [-0.05, 0) is 52.3 Å². The van der Waals surface area contributed by atoms with Crippen molar-refractivity contribution in [2.75, 3.05) is 4.72 Å². The van der Waals surface area contributed by atoms with E-state index in [0.717, 1.165) is 16.6 Å². The van der Waals surface area contributed by atoms with Crippen LogP contribution >= 0.6 is 47.8 Å². The minimum absolute atomic E-state index is 0.213. The average Bonchev–Trinajstić information content (AvgIpc) is 2.41. The van der Waals surface area contributed by atoms with Crippen molar-refractivity contribution in [1.82, 2.24) is 0 Å². The van der Waals surface area contributed by atoms with Gasteiger partial charge in [0, 0.05) is 13.4 Å². The summed E-state index contributed by atoms with van der Waals surface area (Å²) in [6, 6.07) is 7.42. The molecule has 23 heavy (non-hydrogen) atoms. The number of hydrogen-bond donors (Lipinski definition) is 1. The van der Waals surface area contributed by atoms with Crippen LogP contribution in [0.3, 0.4) is 0 Å². The lowest BCUT2D eigenvalue weighted by atomic mass is 10.2. The van der Waals surface area contributed by atoms with Gasteiger partial charge in [0.05, 0.1) is 16.1 Å². The number of rotatable bonds is 3. The van der Waals surface area contributed by atoms with E-state index in [0.29, 0.717) is 10.5 Å². The number of nitrogens with one attached hydrogen (secondary N) is 1. The van der Waals surface area contributed by atoms with Crippen LogP contribution in [-0.4, -0.2) is 8.42 Å². The third-order valence-corrected chi connectivity index (χ3v) is 5.93. The van der Waals surface area contributed by atoms with Crippen LogP contribution in [0.25, 0.3) is 0 Å². The molecule has 0 spiro atoms. The van der Waals surface area contributed by atoms with Crippen LogP contribution in [0.15, 0.2) is 54.7 Å². The molecule has 0 saturated carbocycles. The van der Waals surface area contributed by atoms with E-state index in [9.17, 15) is 21.6 Å². The van der Waals surface area contributed by atoms with E-state index in [1.54, 1.807) is 12.1 Å². The molecule has 0 fully saturated rings. The Morgan fingerprint density at radius 1 is 0.913 bits per heavy atom. The SMILES string of the molecule is O=S(=O)(Nc1ccc(Br)cc1Br)c1ccc(Br)c(C(F)(F)F)c1. The number of halogens is 6. The van der Waals surface area contributed by atoms with Gasteiger partial charge in [-0.3, -0.25) is 4.72 Å². The largest absolute Gasteiger partial charge is 0.417 e. The van der Waals surface area contributed by atoms with E-state index in [4.69, 9.17) is 0 Å². The lowest BCUT2D eigenvalue weighted by Gasteiger charge is -2.13. The Labute approximate surface area is 155 Å². The van der Waals surface area contributed by atoms with Gasteiger partial charge in [0.25, 0.3) is 10.0 Å². The predicted octanol–water partition coefficient (Wildman–Crippen LogP) is 5.79. The zero-order valence-electron chi connectivity index (χ0n) is 11.0. The zero-order chi connectivity index (χ0) is 17.4. The summed E-state index contributed by atoms with van der Waals surface area (Å²) in [4.78, 5) is -0.483. The fourth-order valence-corrected chi connectivity index (χ4v) is 4.52. The van der Waals surface area contributed by atoms with E-state index >= 15 is 0 Å². The van der Waals surface area contributed by atoms with Gasteiger partial charge in [-0.2, -0.15) is 13.2 Å². The van der Waals surface area contributed by atoms with Crippen LogP contribution < -0.4 is 4.72 Å². The molecule has 124 valence electrons. The van der Waals surface area contributed by atoms with E-state index in [1.807, 2.05) is 0 Å². The average molecular weight is 538 g/mol.